The number of alkyl halides is 2. The van der Waals surface area contributed by atoms with E-state index in [4.69, 9.17) is 4.74 Å². The summed E-state index contributed by atoms with van der Waals surface area (Å²) in [5.74, 6) is 0.159. The van der Waals surface area contributed by atoms with Gasteiger partial charge >= 0.3 is 6.61 Å². The van der Waals surface area contributed by atoms with E-state index in [1.807, 2.05) is 48.5 Å². The van der Waals surface area contributed by atoms with Gasteiger partial charge in [0.1, 0.15) is 5.75 Å². The van der Waals surface area contributed by atoms with Crippen LogP contribution in [-0.2, 0) is 13.0 Å². The number of nitrogens with one attached hydrogen (secondary N) is 1. The van der Waals surface area contributed by atoms with Gasteiger partial charge in [-0.25, -0.2) is 0 Å². The first-order chi connectivity index (χ1) is 12.6. The lowest BCUT2D eigenvalue weighted by Crippen LogP contribution is -2.28. The summed E-state index contributed by atoms with van der Waals surface area (Å²) in [6, 6.07) is 18.6. The Morgan fingerprint density at radius 3 is 2.65 bits per heavy atom. The molecule has 134 valence electrons. The molecule has 0 fully saturated rings. The fourth-order valence-electron chi connectivity index (χ4n) is 3.74. The van der Waals surface area contributed by atoms with Gasteiger partial charge in [-0.2, -0.15) is 8.78 Å². The lowest BCUT2D eigenvalue weighted by atomic mass is 10.0. The zero-order valence-corrected chi connectivity index (χ0v) is 14.0. The van der Waals surface area contributed by atoms with E-state index in [0.29, 0.717) is 18.5 Å². The third-order valence-corrected chi connectivity index (χ3v) is 4.92. The molecule has 3 aromatic rings. The summed E-state index contributed by atoms with van der Waals surface area (Å²) in [6.45, 7) is -2.56. The van der Waals surface area contributed by atoms with Crippen molar-refractivity contribution in [3.05, 3.63) is 77.4 Å². The van der Waals surface area contributed by atoms with Crippen molar-refractivity contribution in [2.75, 3.05) is 0 Å². The Morgan fingerprint density at radius 2 is 1.81 bits per heavy atom. The smallest absolute Gasteiger partial charge is 0.387 e. The summed E-state index contributed by atoms with van der Waals surface area (Å²) in [5.41, 5.74) is 2.83. The van der Waals surface area contributed by atoms with Gasteiger partial charge in [-0.15, -0.1) is 0 Å². The third-order valence-electron chi connectivity index (χ3n) is 4.92. The number of ether oxygens (including phenoxy) is 1. The lowest BCUT2D eigenvalue weighted by molar-refractivity contribution is -0.0504. The van der Waals surface area contributed by atoms with E-state index in [-0.39, 0.29) is 11.8 Å². The van der Waals surface area contributed by atoms with Gasteiger partial charge in [0.05, 0.1) is 12.1 Å². The average Bonchev–Trinajstić information content (AvgIpc) is 2.95. The van der Waals surface area contributed by atoms with Gasteiger partial charge in [0.2, 0.25) is 0 Å². The van der Waals surface area contributed by atoms with Crippen LogP contribution in [-0.4, -0.2) is 17.8 Å². The monoisotopic (exact) mass is 355 g/mol. The molecule has 0 spiro atoms. The predicted molar refractivity (Wildman–Crippen MR) is 96.3 cm³/mol. The van der Waals surface area contributed by atoms with Crippen LogP contribution in [0.2, 0.25) is 0 Å². The average molecular weight is 355 g/mol. The van der Waals surface area contributed by atoms with Gasteiger partial charge in [-0.05, 0) is 28.0 Å². The maximum absolute atomic E-state index is 12.8. The maximum Gasteiger partial charge on any atom is 0.387 e. The molecule has 2 N–H and O–H groups in total. The predicted octanol–water partition coefficient (Wildman–Crippen LogP) is 4.19. The number of benzene rings is 3. The first kappa shape index (κ1) is 16.9. The maximum atomic E-state index is 12.8. The minimum absolute atomic E-state index is 0.159. The highest BCUT2D eigenvalue weighted by Gasteiger charge is 2.30. The van der Waals surface area contributed by atoms with Gasteiger partial charge in [-0.1, -0.05) is 54.6 Å². The highest BCUT2D eigenvalue weighted by Crippen LogP contribution is 2.34. The molecule has 1 aliphatic rings. The number of fused-ring (bicyclic) bond motifs is 2. The first-order valence-electron chi connectivity index (χ1n) is 8.58. The SMILES string of the molecule is O[C@H]1Cc2ccccc2[C@H]1NCc1c(OC(F)F)ccc2ccccc12. The van der Waals surface area contributed by atoms with E-state index in [0.717, 1.165) is 21.9 Å². The van der Waals surface area contributed by atoms with Crippen molar-refractivity contribution in [2.24, 2.45) is 0 Å². The van der Waals surface area contributed by atoms with Crippen molar-refractivity contribution in [2.45, 2.75) is 31.7 Å². The summed E-state index contributed by atoms with van der Waals surface area (Å²) < 4.78 is 30.4. The Bertz CT molecular complexity index is 929. The van der Waals surface area contributed by atoms with Crippen molar-refractivity contribution in [1.82, 2.24) is 5.32 Å². The van der Waals surface area contributed by atoms with E-state index in [1.54, 1.807) is 12.1 Å². The van der Waals surface area contributed by atoms with Gasteiger partial charge in [0, 0.05) is 18.5 Å². The summed E-state index contributed by atoms with van der Waals surface area (Å²) >= 11 is 0. The standard InChI is InChI=1S/C21H19F2NO2/c22-21(23)26-19-10-9-13-5-1-3-7-15(13)17(19)12-24-20-16-8-4-2-6-14(16)11-18(20)25/h1-10,18,20-21,24-25H,11-12H2/t18-,20+/m0/s1. The van der Waals surface area contributed by atoms with E-state index in [1.165, 1.54) is 0 Å². The Morgan fingerprint density at radius 1 is 1.04 bits per heavy atom. The number of hydrogen-bond donors (Lipinski definition) is 2. The molecule has 0 unspecified atom stereocenters. The molecular formula is C21H19F2NO2. The van der Waals surface area contributed by atoms with Crippen molar-refractivity contribution in [3.63, 3.8) is 0 Å². The van der Waals surface area contributed by atoms with Crippen molar-refractivity contribution in [1.29, 1.82) is 0 Å². The molecule has 0 heterocycles. The van der Waals surface area contributed by atoms with Crippen LogP contribution in [0, 0.1) is 0 Å². The highest BCUT2D eigenvalue weighted by molar-refractivity contribution is 5.87. The van der Waals surface area contributed by atoms with Gasteiger partial charge in [0.15, 0.2) is 0 Å². The van der Waals surface area contributed by atoms with E-state index >= 15 is 0 Å². The molecule has 0 saturated heterocycles. The minimum Gasteiger partial charge on any atom is -0.434 e. The largest absolute Gasteiger partial charge is 0.434 e. The Balaban J connectivity index is 1.66. The van der Waals surface area contributed by atoms with Gasteiger partial charge in [0.25, 0.3) is 0 Å². The van der Waals surface area contributed by atoms with Crippen molar-refractivity contribution >= 4 is 10.8 Å². The molecule has 3 aromatic carbocycles. The molecule has 0 radical (unpaired) electrons. The molecule has 2 atom stereocenters. The van der Waals surface area contributed by atoms with Crippen LogP contribution in [0.3, 0.4) is 0 Å². The van der Waals surface area contributed by atoms with E-state index in [2.05, 4.69) is 5.32 Å². The number of aliphatic hydroxyl groups excluding tert-OH is 1. The second-order valence-electron chi connectivity index (χ2n) is 6.47. The number of hydrogen-bond acceptors (Lipinski definition) is 3. The fraction of sp³-hybridized carbons (Fsp3) is 0.238. The van der Waals surface area contributed by atoms with E-state index in [9.17, 15) is 13.9 Å². The van der Waals surface area contributed by atoms with Crippen LogP contribution < -0.4 is 10.1 Å². The van der Waals surface area contributed by atoms with Crippen LogP contribution >= 0.6 is 0 Å². The Labute approximate surface area is 150 Å². The molecule has 0 saturated carbocycles. The molecule has 3 nitrogen and oxygen atoms in total. The molecule has 1 aliphatic carbocycles. The highest BCUT2D eigenvalue weighted by atomic mass is 19.3. The Hall–Kier alpha value is -2.50. The summed E-state index contributed by atoms with van der Waals surface area (Å²) in [7, 11) is 0. The normalized spacial score (nSPS) is 19.1. The molecule has 26 heavy (non-hydrogen) atoms. The summed E-state index contributed by atoms with van der Waals surface area (Å²) in [6.07, 6.45) is 0.0471. The first-order valence-corrected chi connectivity index (χ1v) is 8.58. The fourth-order valence-corrected chi connectivity index (χ4v) is 3.74. The Kier molecular flexibility index (Phi) is 4.57. The topological polar surface area (TPSA) is 41.5 Å². The zero-order chi connectivity index (χ0) is 18.1. The summed E-state index contributed by atoms with van der Waals surface area (Å²) in [5, 5.41) is 15.6. The molecular weight excluding hydrogens is 336 g/mol. The van der Waals surface area contributed by atoms with Crippen LogP contribution in [0.25, 0.3) is 10.8 Å². The molecule has 0 amide bonds. The number of halogens is 2. The van der Waals surface area contributed by atoms with Crippen LogP contribution in [0.15, 0.2) is 60.7 Å². The van der Waals surface area contributed by atoms with Crippen molar-refractivity contribution < 1.29 is 18.6 Å². The third kappa shape index (κ3) is 3.16. The molecule has 4 rings (SSSR count). The molecule has 5 heteroatoms. The quantitative estimate of drug-likeness (QED) is 0.721. The van der Waals surface area contributed by atoms with Crippen LogP contribution in [0.5, 0.6) is 5.75 Å². The van der Waals surface area contributed by atoms with E-state index < -0.39 is 12.7 Å². The van der Waals surface area contributed by atoms with Crippen molar-refractivity contribution in [3.8, 4) is 5.75 Å². The van der Waals surface area contributed by atoms with Gasteiger partial charge < -0.3 is 15.2 Å². The second-order valence-corrected chi connectivity index (χ2v) is 6.47. The second kappa shape index (κ2) is 7.02. The number of rotatable bonds is 5. The van der Waals surface area contributed by atoms with Gasteiger partial charge in [-0.3, -0.25) is 0 Å². The molecule has 0 aliphatic heterocycles. The zero-order valence-electron chi connectivity index (χ0n) is 14.0. The van der Waals surface area contributed by atoms with Crippen LogP contribution in [0.4, 0.5) is 8.78 Å². The summed E-state index contributed by atoms with van der Waals surface area (Å²) in [4.78, 5) is 0. The lowest BCUT2D eigenvalue weighted by Gasteiger charge is -2.20. The number of aliphatic hydroxyl groups is 1. The minimum atomic E-state index is -2.88. The van der Waals surface area contributed by atoms with Crippen LogP contribution in [0.1, 0.15) is 22.7 Å². The molecule has 0 bridgehead atoms. The molecule has 0 aromatic heterocycles.